The van der Waals surface area contributed by atoms with Crippen molar-refractivity contribution < 1.29 is 4.79 Å². The topological polar surface area (TPSA) is 49.8 Å². The highest BCUT2D eigenvalue weighted by atomic mass is 16.1. The number of hydrogen-bond donors (Lipinski definition) is 2. The molecule has 0 saturated heterocycles. The minimum Gasteiger partial charge on any atom is -0.358 e. The van der Waals surface area contributed by atoms with Crippen LogP contribution in [0.1, 0.15) is 27.2 Å². The lowest BCUT2D eigenvalue weighted by Gasteiger charge is -2.13. The van der Waals surface area contributed by atoms with Crippen LogP contribution in [0.5, 0.6) is 0 Å². The van der Waals surface area contributed by atoms with Gasteiger partial charge in [-0.15, -0.1) is 0 Å². The smallest absolute Gasteiger partial charge is 0.251 e. The summed E-state index contributed by atoms with van der Waals surface area (Å²) in [6, 6.07) is 18.3. The minimum absolute atomic E-state index is 0.00954. The van der Waals surface area contributed by atoms with Gasteiger partial charge in [0.1, 0.15) is 0 Å². The number of hydrogen-bond acceptors (Lipinski definition) is 1. The zero-order chi connectivity index (χ0) is 18.4. The standard InChI is InChI=1S/C23H21N3O/c1-15-4-9-21-19(12-15)20-13-17(14-22(20)25-21)24-23(27)16-5-7-18(8-6-16)26-10-2-3-11-26/h2-12,17,25H,13-14H2,1H3,(H,24,27). The van der Waals surface area contributed by atoms with E-state index in [1.165, 1.54) is 27.7 Å². The summed E-state index contributed by atoms with van der Waals surface area (Å²) in [5.74, 6) is -0.00954. The molecule has 27 heavy (non-hydrogen) atoms. The van der Waals surface area contributed by atoms with E-state index in [-0.39, 0.29) is 11.9 Å². The van der Waals surface area contributed by atoms with Crippen molar-refractivity contribution >= 4 is 16.8 Å². The Kier molecular flexibility index (Phi) is 3.64. The predicted octanol–water partition coefficient (Wildman–Crippen LogP) is 4.16. The summed E-state index contributed by atoms with van der Waals surface area (Å²) >= 11 is 0. The van der Waals surface area contributed by atoms with Gasteiger partial charge in [-0.25, -0.2) is 0 Å². The summed E-state index contributed by atoms with van der Waals surface area (Å²) < 4.78 is 2.03. The molecule has 0 saturated carbocycles. The van der Waals surface area contributed by atoms with Gasteiger partial charge in [0, 0.05) is 52.7 Å². The van der Waals surface area contributed by atoms with E-state index in [0.717, 1.165) is 18.5 Å². The molecule has 2 aromatic heterocycles. The van der Waals surface area contributed by atoms with Gasteiger partial charge >= 0.3 is 0 Å². The lowest BCUT2D eigenvalue weighted by atomic mass is 10.1. The summed E-state index contributed by atoms with van der Waals surface area (Å²) in [4.78, 5) is 16.2. The first kappa shape index (κ1) is 15.9. The molecule has 0 aliphatic heterocycles. The number of carbonyl (C=O) groups is 1. The number of carbonyl (C=O) groups excluding carboxylic acids is 1. The maximum absolute atomic E-state index is 12.7. The van der Waals surface area contributed by atoms with Crippen LogP contribution in [0.25, 0.3) is 16.6 Å². The highest BCUT2D eigenvalue weighted by Crippen LogP contribution is 2.30. The summed E-state index contributed by atoms with van der Waals surface area (Å²) in [7, 11) is 0. The van der Waals surface area contributed by atoms with Crippen molar-refractivity contribution in [1.82, 2.24) is 14.9 Å². The number of aromatic nitrogens is 2. The molecule has 0 fully saturated rings. The van der Waals surface area contributed by atoms with Crippen LogP contribution in [0.4, 0.5) is 0 Å². The SMILES string of the molecule is Cc1ccc2[nH]c3c(c2c1)CC(NC(=O)c1ccc(-n2cccc2)cc1)C3. The Morgan fingerprint density at radius 3 is 2.63 bits per heavy atom. The van der Waals surface area contributed by atoms with Crippen LogP contribution in [0.15, 0.2) is 67.0 Å². The van der Waals surface area contributed by atoms with E-state index in [9.17, 15) is 4.79 Å². The first-order chi connectivity index (χ1) is 13.2. The fourth-order valence-corrected chi connectivity index (χ4v) is 4.05. The first-order valence-electron chi connectivity index (χ1n) is 9.32. The maximum Gasteiger partial charge on any atom is 0.251 e. The van der Waals surface area contributed by atoms with E-state index >= 15 is 0 Å². The predicted molar refractivity (Wildman–Crippen MR) is 107 cm³/mol. The zero-order valence-corrected chi connectivity index (χ0v) is 15.2. The monoisotopic (exact) mass is 355 g/mol. The molecule has 0 radical (unpaired) electrons. The number of aromatic amines is 1. The van der Waals surface area contributed by atoms with E-state index in [0.29, 0.717) is 5.56 Å². The van der Waals surface area contributed by atoms with Gasteiger partial charge in [0.15, 0.2) is 0 Å². The van der Waals surface area contributed by atoms with Crippen LogP contribution < -0.4 is 5.32 Å². The molecule has 4 heteroatoms. The van der Waals surface area contributed by atoms with Gasteiger partial charge in [-0.3, -0.25) is 4.79 Å². The van der Waals surface area contributed by atoms with Crippen molar-refractivity contribution in [2.75, 3.05) is 0 Å². The molecule has 1 aliphatic carbocycles. The highest BCUT2D eigenvalue weighted by Gasteiger charge is 2.26. The van der Waals surface area contributed by atoms with E-state index in [1.807, 2.05) is 53.4 Å². The average molecular weight is 355 g/mol. The summed E-state index contributed by atoms with van der Waals surface area (Å²) in [5.41, 5.74) is 6.80. The molecular formula is C23H21N3O. The molecule has 5 rings (SSSR count). The molecule has 2 N–H and O–H groups in total. The number of H-pyrrole nitrogens is 1. The molecule has 1 atom stereocenters. The molecule has 4 nitrogen and oxygen atoms in total. The number of benzene rings is 2. The van der Waals surface area contributed by atoms with Crippen LogP contribution in [0.3, 0.4) is 0 Å². The normalized spacial score (nSPS) is 15.8. The van der Waals surface area contributed by atoms with Crippen molar-refractivity contribution in [2.24, 2.45) is 0 Å². The lowest BCUT2D eigenvalue weighted by Crippen LogP contribution is -2.35. The molecule has 1 unspecified atom stereocenters. The van der Waals surface area contributed by atoms with Gasteiger partial charge in [-0.1, -0.05) is 11.6 Å². The number of amides is 1. The minimum atomic E-state index is -0.00954. The van der Waals surface area contributed by atoms with Gasteiger partial charge in [0.05, 0.1) is 0 Å². The Morgan fingerprint density at radius 1 is 1.07 bits per heavy atom. The molecule has 4 aromatic rings. The van der Waals surface area contributed by atoms with Crippen molar-refractivity contribution in [3.8, 4) is 5.69 Å². The number of rotatable bonds is 3. The van der Waals surface area contributed by atoms with E-state index in [1.54, 1.807) is 0 Å². The van der Waals surface area contributed by atoms with E-state index in [2.05, 4.69) is 35.4 Å². The first-order valence-corrected chi connectivity index (χ1v) is 9.32. The van der Waals surface area contributed by atoms with Crippen molar-refractivity contribution in [3.05, 3.63) is 89.4 Å². The molecule has 1 amide bonds. The average Bonchev–Trinajstić information content (AvgIpc) is 3.38. The maximum atomic E-state index is 12.7. The van der Waals surface area contributed by atoms with Crippen LogP contribution >= 0.6 is 0 Å². The van der Waals surface area contributed by atoms with Crippen molar-refractivity contribution in [1.29, 1.82) is 0 Å². The highest BCUT2D eigenvalue weighted by molar-refractivity contribution is 5.95. The molecule has 0 spiro atoms. The number of aryl methyl sites for hydroxylation is 1. The number of fused-ring (bicyclic) bond motifs is 3. The summed E-state index contributed by atoms with van der Waals surface area (Å²) in [6.07, 6.45) is 5.73. The second-order valence-electron chi connectivity index (χ2n) is 7.35. The van der Waals surface area contributed by atoms with Crippen molar-refractivity contribution in [2.45, 2.75) is 25.8 Å². The quantitative estimate of drug-likeness (QED) is 0.569. The van der Waals surface area contributed by atoms with Gasteiger partial charge in [-0.2, -0.15) is 0 Å². The molecule has 0 bridgehead atoms. The van der Waals surface area contributed by atoms with Crippen LogP contribution in [0, 0.1) is 6.92 Å². The van der Waals surface area contributed by atoms with Crippen LogP contribution in [-0.4, -0.2) is 21.5 Å². The fourth-order valence-electron chi connectivity index (χ4n) is 4.05. The van der Waals surface area contributed by atoms with Crippen molar-refractivity contribution in [3.63, 3.8) is 0 Å². The Bertz CT molecular complexity index is 1120. The second-order valence-corrected chi connectivity index (χ2v) is 7.35. The lowest BCUT2D eigenvalue weighted by molar-refractivity contribution is 0.0938. The number of nitrogens with zero attached hydrogens (tertiary/aromatic N) is 1. The van der Waals surface area contributed by atoms with Gasteiger partial charge in [0.25, 0.3) is 5.91 Å². The third-order valence-electron chi connectivity index (χ3n) is 5.42. The summed E-state index contributed by atoms with van der Waals surface area (Å²) in [5, 5.41) is 4.49. The third kappa shape index (κ3) is 2.83. The summed E-state index contributed by atoms with van der Waals surface area (Å²) in [6.45, 7) is 2.12. The molecule has 134 valence electrons. The molecular weight excluding hydrogens is 334 g/mol. The van der Waals surface area contributed by atoms with Gasteiger partial charge in [-0.05, 0) is 67.4 Å². The van der Waals surface area contributed by atoms with Gasteiger partial charge in [0.2, 0.25) is 0 Å². The third-order valence-corrected chi connectivity index (χ3v) is 5.42. The van der Waals surface area contributed by atoms with Crippen LogP contribution in [0.2, 0.25) is 0 Å². The Hall–Kier alpha value is -3.27. The Morgan fingerprint density at radius 2 is 1.85 bits per heavy atom. The van der Waals surface area contributed by atoms with E-state index in [4.69, 9.17) is 0 Å². The largest absolute Gasteiger partial charge is 0.358 e. The Balaban J connectivity index is 1.30. The van der Waals surface area contributed by atoms with Crippen LogP contribution in [-0.2, 0) is 12.8 Å². The molecule has 2 heterocycles. The molecule has 1 aliphatic rings. The second kappa shape index (κ2) is 6.16. The fraction of sp³-hybridized carbons (Fsp3) is 0.174. The molecule has 2 aromatic carbocycles. The number of nitrogens with one attached hydrogen (secondary N) is 2. The zero-order valence-electron chi connectivity index (χ0n) is 15.2. The Labute approximate surface area is 157 Å². The van der Waals surface area contributed by atoms with E-state index < -0.39 is 0 Å². The van der Waals surface area contributed by atoms with Gasteiger partial charge < -0.3 is 14.9 Å².